The quantitative estimate of drug-likeness (QED) is 0.649. The Morgan fingerprint density at radius 2 is 1.81 bits per heavy atom. The topological polar surface area (TPSA) is 66.9 Å². The average Bonchev–Trinajstić information content (AvgIpc) is 3.50. The Morgan fingerprint density at radius 1 is 1.04 bits per heavy atom. The van der Waals surface area contributed by atoms with Crippen molar-refractivity contribution in [1.29, 1.82) is 0 Å². The first-order chi connectivity index (χ1) is 12.7. The van der Waals surface area contributed by atoms with E-state index in [4.69, 9.17) is 11.6 Å². The van der Waals surface area contributed by atoms with Crippen molar-refractivity contribution in [3.63, 3.8) is 0 Å². The van der Waals surface area contributed by atoms with Gasteiger partial charge in [-0.2, -0.15) is 0 Å². The molecule has 1 saturated carbocycles. The summed E-state index contributed by atoms with van der Waals surface area (Å²) >= 11 is 5.97. The second kappa shape index (κ2) is 7.30. The Bertz CT molecular complexity index is 938. The fourth-order valence-electron chi connectivity index (χ4n) is 2.80. The van der Waals surface area contributed by atoms with E-state index in [1.165, 1.54) is 0 Å². The molecule has 4 rings (SSSR count). The molecule has 26 heavy (non-hydrogen) atoms. The van der Waals surface area contributed by atoms with E-state index in [9.17, 15) is 4.79 Å². The summed E-state index contributed by atoms with van der Waals surface area (Å²) in [5.41, 5.74) is 1.78. The van der Waals surface area contributed by atoms with Gasteiger partial charge < -0.3 is 10.6 Å². The molecule has 6 heteroatoms. The Hall–Kier alpha value is -2.66. The molecular weight excluding hydrogens is 348 g/mol. The van der Waals surface area contributed by atoms with Crippen LogP contribution < -0.4 is 10.6 Å². The number of amides is 1. The number of benzene rings is 2. The van der Waals surface area contributed by atoms with Crippen LogP contribution in [-0.2, 0) is 4.79 Å². The molecule has 1 aliphatic carbocycles. The molecule has 1 aliphatic rings. The monoisotopic (exact) mass is 366 g/mol. The fraction of sp³-hybridized carbons (Fsp3) is 0.250. The molecule has 0 saturated heterocycles. The molecule has 1 amide bonds. The van der Waals surface area contributed by atoms with E-state index in [0.29, 0.717) is 23.9 Å². The molecule has 0 radical (unpaired) electrons. The molecule has 3 aromatic rings. The van der Waals surface area contributed by atoms with Crippen LogP contribution in [0.1, 0.15) is 12.8 Å². The third-order valence-corrected chi connectivity index (χ3v) is 4.62. The zero-order valence-corrected chi connectivity index (χ0v) is 15.0. The largest absolute Gasteiger partial charge is 0.368 e. The van der Waals surface area contributed by atoms with Crippen LogP contribution in [0, 0.1) is 5.92 Å². The molecular formula is C20H19ClN4O. The van der Waals surface area contributed by atoms with Gasteiger partial charge in [-0.05, 0) is 49.2 Å². The molecule has 5 nitrogen and oxygen atoms in total. The molecule has 1 heterocycles. The van der Waals surface area contributed by atoms with Crippen LogP contribution >= 0.6 is 11.6 Å². The number of rotatable bonds is 6. The molecule has 1 aromatic heterocycles. The van der Waals surface area contributed by atoms with E-state index >= 15 is 0 Å². The lowest BCUT2D eigenvalue weighted by atomic mass is 10.2. The Morgan fingerprint density at radius 3 is 2.58 bits per heavy atom. The van der Waals surface area contributed by atoms with Crippen molar-refractivity contribution < 1.29 is 4.79 Å². The van der Waals surface area contributed by atoms with Crippen LogP contribution in [-0.4, -0.2) is 29.0 Å². The van der Waals surface area contributed by atoms with E-state index < -0.39 is 0 Å². The molecule has 2 aromatic carbocycles. The number of halogens is 1. The third kappa shape index (κ3) is 3.78. The normalized spacial score (nSPS) is 13.6. The van der Waals surface area contributed by atoms with Gasteiger partial charge in [0.15, 0.2) is 5.82 Å². The van der Waals surface area contributed by atoms with Crippen LogP contribution in [0.15, 0.2) is 48.5 Å². The third-order valence-electron chi connectivity index (χ3n) is 4.37. The summed E-state index contributed by atoms with van der Waals surface area (Å²) in [6.45, 7) is 1.18. The van der Waals surface area contributed by atoms with Crippen molar-refractivity contribution in [3.8, 4) is 11.4 Å². The minimum Gasteiger partial charge on any atom is -0.368 e. The molecule has 0 bridgehead atoms. The summed E-state index contributed by atoms with van der Waals surface area (Å²) in [4.78, 5) is 21.1. The zero-order chi connectivity index (χ0) is 17.9. The smallest absolute Gasteiger partial charge is 0.223 e. The maximum atomic E-state index is 11.7. The molecule has 2 N–H and O–H groups in total. The number of fused-ring (bicyclic) bond motifs is 1. The van der Waals surface area contributed by atoms with E-state index in [1.807, 2.05) is 48.5 Å². The number of hydrogen-bond donors (Lipinski definition) is 2. The highest BCUT2D eigenvalue weighted by Crippen LogP contribution is 2.28. The van der Waals surface area contributed by atoms with Crippen molar-refractivity contribution in [1.82, 2.24) is 15.3 Å². The van der Waals surface area contributed by atoms with Gasteiger partial charge in [0.05, 0.1) is 5.52 Å². The summed E-state index contributed by atoms with van der Waals surface area (Å²) in [7, 11) is 0. The lowest BCUT2D eigenvalue weighted by Crippen LogP contribution is -2.30. The summed E-state index contributed by atoms with van der Waals surface area (Å²) < 4.78 is 0. The first kappa shape index (κ1) is 16.8. The number of hydrogen-bond acceptors (Lipinski definition) is 4. The maximum Gasteiger partial charge on any atom is 0.223 e. The summed E-state index contributed by atoms with van der Waals surface area (Å²) in [5, 5.41) is 7.92. The predicted octanol–water partition coefficient (Wildman–Crippen LogP) is 3.89. The van der Waals surface area contributed by atoms with Crippen LogP contribution in [0.2, 0.25) is 5.02 Å². The van der Waals surface area contributed by atoms with E-state index in [1.54, 1.807) is 0 Å². The van der Waals surface area contributed by atoms with Gasteiger partial charge in [-0.1, -0.05) is 23.7 Å². The molecule has 1 fully saturated rings. The first-order valence-electron chi connectivity index (χ1n) is 8.75. The molecule has 0 spiro atoms. The molecule has 0 unspecified atom stereocenters. The van der Waals surface area contributed by atoms with Gasteiger partial charge in [-0.25, -0.2) is 9.97 Å². The molecule has 0 atom stereocenters. The lowest BCUT2D eigenvalue weighted by molar-refractivity contribution is -0.122. The second-order valence-corrected chi connectivity index (χ2v) is 6.85. The van der Waals surface area contributed by atoms with Crippen LogP contribution in [0.3, 0.4) is 0 Å². The van der Waals surface area contributed by atoms with Crippen LogP contribution in [0.5, 0.6) is 0 Å². The van der Waals surface area contributed by atoms with Crippen molar-refractivity contribution in [3.05, 3.63) is 53.6 Å². The average molecular weight is 367 g/mol. The maximum absolute atomic E-state index is 11.7. The van der Waals surface area contributed by atoms with Gasteiger partial charge in [0.1, 0.15) is 5.82 Å². The highest BCUT2D eigenvalue weighted by molar-refractivity contribution is 6.30. The van der Waals surface area contributed by atoms with E-state index in [-0.39, 0.29) is 11.8 Å². The van der Waals surface area contributed by atoms with Gasteiger partial charge >= 0.3 is 0 Å². The summed E-state index contributed by atoms with van der Waals surface area (Å²) in [6.07, 6.45) is 2.03. The number of para-hydroxylation sites is 1. The van der Waals surface area contributed by atoms with Crippen molar-refractivity contribution in [2.75, 3.05) is 18.4 Å². The minimum absolute atomic E-state index is 0.154. The van der Waals surface area contributed by atoms with Gasteiger partial charge in [0.25, 0.3) is 0 Å². The summed E-state index contributed by atoms with van der Waals surface area (Å²) in [6, 6.07) is 15.4. The first-order valence-corrected chi connectivity index (χ1v) is 9.13. The Balaban J connectivity index is 1.55. The Labute approximate surface area is 156 Å². The predicted molar refractivity (Wildman–Crippen MR) is 104 cm³/mol. The van der Waals surface area contributed by atoms with E-state index in [0.717, 1.165) is 35.1 Å². The highest BCUT2D eigenvalue weighted by Gasteiger charge is 2.28. The second-order valence-electron chi connectivity index (χ2n) is 6.41. The van der Waals surface area contributed by atoms with Crippen molar-refractivity contribution in [2.45, 2.75) is 12.8 Å². The fourth-order valence-corrected chi connectivity index (χ4v) is 2.92. The number of anilines is 1. The van der Waals surface area contributed by atoms with Crippen molar-refractivity contribution >= 4 is 34.2 Å². The van der Waals surface area contributed by atoms with Gasteiger partial charge in [0, 0.05) is 35.0 Å². The zero-order valence-electron chi connectivity index (χ0n) is 14.2. The summed E-state index contributed by atoms with van der Waals surface area (Å²) in [5.74, 6) is 1.79. The van der Waals surface area contributed by atoms with Crippen LogP contribution in [0.25, 0.3) is 22.3 Å². The molecule has 132 valence electrons. The SMILES string of the molecule is O=C(NCCNc1nc(-c2ccc(Cl)cc2)nc2ccccc12)C1CC1. The van der Waals surface area contributed by atoms with Gasteiger partial charge in [-0.3, -0.25) is 4.79 Å². The number of aromatic nitrogens is 2. The minimum atomic E-state index is 0.154. The highest BCUT2D eigenvalue weighted by atomic mass is 35.5. The lowest BCUT2D eigenvalue weighted by Gasteiger charge is -2.11. The van der Waals surface area contributed by atoms with E-state index in [2.05, 4.69) is 20.6 Å². The number of nitrogens with zero attached hydrogens (tertiary/aromatic N) is 2. The standard InChI is InChI=1S/C20H19ClN4O/c21-15-9-7-13(8-10-15)18-24-17-4-2-1-3-16(17)19(25-18)22-11-12-23-20(26)14-5-6-14/h1-4,7-10,14H,5-6,11-12H2,(H,23,26)(H,22,24,25). The number of nitrogens with one attached hydrogen (secondary N) is 2. The van der Waals surface area contributed by atoms with Gasteiger partial charge in [-0.15, -0.1) is 0 Å². The van der Waals surface area contributed by atoms with Crippen molar-refractivity contribution in [2.24, 2.45) is 5.92 Å². The van der Waals surface area contributed by atoms with Crippen LogP contribution in [0.4, 0.5) is 5.82 Å². The van der Waals surface area contributed by atoms with Gasteiger partial charge in [0.2, 0.25) is 5.91 Å². The number of carbonyl (C=O) groups is 1. The Kier molecular flexibility index (Phi) is 4.71. The number of carbonyl (C=O) groups excluding carboxylic acids is 1. The molecule has 0 aliphatic heterocycles.